The third-order valence-corrected chi connectivity index (χ3v) is 9.30. The Bertz CT molecular complexity index is 1140. The van der Waals surface area contributed by atoms with Gasteiger partial charge in [-0.25, -0.2) is 4.57 Å². The van der Waals surface area contributed by atoms with Gasteiger partial charge in [-0.15, -0.1) is 0 Å². The number of carbonyl (C=O) groups excluding carboxylic acids is 2. The highest BCUT2D eigenvalue weighted by atomic mass is 31.2. The monoisotopic (exact) mass is 795 g/mol. The molecule has 3 N–H and O–H groups in total. The Hall–Kier alpha value is -2.59. The Kier molecular flexibility index (Phi) is 37.8. The van der Waals surface area contributed by atoms with Crippen LogP contribution in [-0.4, -0.2) is 65.7 Å². The van der Waals surface area contributed by atoms with Crippen LogP contribution in [0.4, 0.5) is 0 Å². The molecule has 11 heteroatoms. The Morgan fingerprint density at radius 2 is 1.00 bits per heavy atom. The number of aliphatic hydroxyl groups is 2. The Morgan fingerprint density at radius 1 is 0.564 bits per heavy atom. The van der Waals surface area contributed by atoms with Crippen LogP contribution in [0.2, 0.25) is 0 Å². The van der Waals surface area contributed by atoms with Crippen LogP contribution >= 0.6 is 7.82 Å². The second-order valence-electron chi connectivity index (χ2n) is 13.6. The van der Waals surface area contributed by atoms with E-state index in [-0.39, 0.29) is 19.4 Å². The summed E-state index contributed by atoms with van der Waals surface area (Å²) in [4.78, 5) is 34.9. The Morgan fingerprint density at radius 3 is 1.55 bits per heavy atom. The first-order valence-corrected chi connectivity index (χ1v) is 22.4. The van der Waals surface area contributed by atoms with Crippen molar-refractivity contribution in [2.75, 3.05) is 26.4 Å². The van der Waals surface area contributed by atoms with Crippen LogP contribution in [0.3, 0.4) is 0 Å². The molecule has 0 saturated carbocycles. The van der Waals surface area contributed by atoms with Gasteiger partial charge in [0.2, 0.25) is 0 Å². The highest BCUT2D eigenvalue weighted by Gasteiger charge is 2.27. The van der Waals surface area contributed by atoms with Crippen molar-refractivity contribution in [1.82, 2.24) is 0 Å². The first kappa shape index (κ1) is 52.4. The minimum Gasteiger partial charge on any atom is -0.462 e. The van der Waals surface area contributed by atoms with E-state index >= 15 is 0 Å². The van der Waals surface area contributed by atoms with E-state index in [1.807, 2.05) is 0 Å². The van der Waals surface area contributed by atoms with Gasteiger partial charge in [-0.1, -0.05) is 132 Å². The smallest absolute Gasteiger partial charge is 0.462 e. The topological polar surface area (TPSA) is 149 Å². The molecule has 0 aromatic rings. The van der Waals surface area contributed by atoms with E-state index in [1.165, 1.54) is 44.9 Å². The lowest BCUT2D eigenvalue weighted by atomic mass is 10.1. The molecule has 10 nitrogen and oxygen atoms in total. The van der Waals surface area contributed by atoms with Gasteiger partial charge in [0, 0.05) is 12.8 Å². The molecule has 0 amide bonds. The van der Waals surface area contributed by atoms with Gasteiger partial charge in [-0.05, 0) is 83.5 Å². The van der Waals surface area contributed by atoms with Crippen molar-refractivity contribution in [1.29, 1.82) is 0 Å². The fraction of sp³-hybridized carbons (Fsp3) is 0.682. The van der Waals surface area contributed by atoms with Crippen LogP contribution in [0.5, 0.6) is 0 Å². The molecule has 3 atom stereocenters. The fourth-order valence-electron chi connectivity index (χ4n) is 5.13. The van der Waals surface area contributed by atoms with E-state index in [2.05, 4.69) is 91.3 Å². The standard InChI is InChI=1S/C44H75O10P/c1-3-5-7-9-11-13-15-17-19-20-22-23-25-27-29-31-33-35-43(47)51-39-42(40-53-55(49,50)52-38-41(46)37-45)54-44(48)36-34-32-30-28-26-24-21-18-16-14-12-10-8-6-4-2/h6,8,11-14,17-19,21,26,28,41-42,45-46H,3-5,7,9-10,15-16,20,22-25,27,29-40H2,1-2H3,(H,49,50)/b8-6-,13-11-,14-12-,19-17-,21-18-,28-26-/t41-,42+/m0/s1. The van der Waals surface area contributed by atoms with Crippen LogP contribution in [0, 0.1) is 0 Å². The number of hydrogen-bond acceptors (Lipinski definition) is 9. The molecule has 0 spiro atoms. The summed E-state index contributed by atoms with van der Waals surface area (Å²) in [6.07, 6.45) is 44.4. The van der Waals surface area contributed by atoms with Gasteiger partial charge < -0.3 is 24.6 Å². The quantitative estimate of drug-likeness (QED) is 0.0239. The van der Waals surface area contributed by atoms with E-state index in [0.29, 0.717) is 12.8 Å². The lowest BCUT2D eigenvalue weighted by Crippen LogP contribution is -2.29. The fourth-order valence-corrected chi connectivity index (χ4v) is 5.92. The third kappa shape index (κ3) is 39.4. The van der Waals surface area contributed by atoms with E-state index < -0.39 is 51.8 Å². The molecule has 0 fully saturated rings. The maximum atomic E-state index is 12.6. The molecule has 0 aliphatic carbocycles. The maximum Gasteiger partial charge on any atom is 0.472 e. The van der Waals surface area contributed by atoms with Gasteiger partial charge in [0.25, 0.3) is 0 Å². The summed E-state index contributed by atoms with van der Waals surface area (Å²) in [6, 6.07) is 0. The molecule has 0 aliphatic heterocycles. The second kappa shape index (κ2) is 39.6. The molecule has 0 aromatic carbocycles. The molecule has 0 bridgehead atoms. The number of ether oxygens (including phenoxy) is 2. The van der Waals surface area contributed by atoms with Gasteiger partial charge in [0.05, 0.1) is 19.8 Å². The maximum absolute atomic E-state index is 12.6. The highest BCUT2D eigenvalue weighted by molar-refractivity contribution is 7.47. The van der Waals surface area contributed by atoms with E-state index in [1.54, 1.807) is 0 Å². The van der Waals surface area contributed by atoms with Gasteiger partial charge in [-0.2, -0.15) is 0 Å². The zero-order chi connectivity index (χ0) is 40.5. The van der Waals surface area contributed by atoms with Crippen molar-refractivity contribution in [2.24, 2.45) is 0 Å². The van der Waals surface area contributed by atoms with Gasteiger partial charge in [0.15, 0.2) is 6.10 Å². The average Bonchev–Trinajstić information content (AvgIpc) is 3.17. The Balaban J connectivity index is 4.40. The van der Waals surface area contributed by atoms with Crippen LogP contribution in [0.15, 0.2) is 72.9 Å². The molecule has 0 radical (unpaired) electrons. The molecule has 0 aromatic heterocycles. The predicted molar refractivity (Wildman–Crippen MR) is 223 cm³/mol. The molecular formula is C44H75O10P. The number of hydrogen-bond donors (Lipinski definition) is 3. The largest absolute Gasteiger partial charge is 0.472 e. The van der Waals surface area contributed by atoms with Crippen LogP contribution in [0.1, 0.15) is 155 Å². The number of phosphoric ester groups is 1. The van der Waals surface area contributed by atoms with Crippen molar-refractivity contribution in [3.8, 4) is 0 Å². The summed E-state index contributed by atoms with van der Waals surface area (Å²) in [5, 5.41) is 18.3. The number of rotatable bonds is 38. The van der Waals surface area contributed by atoms with Crippen molar-refractivity contribution in [3.05, 3.63) is 72.9 Å². The number of esters is 2. The summed E-state index contributed by atoms with van der Waals surface area (Å²) in [5.74, 6) is -0.989. The van der Waals surface area contributed by atoms with Crippen LogP contribution in [0.25, 0.3) is 0 Å². The van der Waals surface area contributed by atoms with E-state index in [0.717, 1.165) is 70.6 Å². The number of aliphatic hydroxyl groups excluding tert-OH is 2. The molecule has 0 saturated heterocycles. The number of phosphoric acid groups is 1. The first-order valence-electron chi connectivity index (χ1n) is 20.9. The number of unbranched alkanes of at least 4 members (excludes halogenated alkanes) is 12. The van der Waals surface area contributed by atoms with Gasteiger partial charge >= 0.3 is 19.8 Å². The molecule has 0 aliphatic rings. The third-order valence-electron chi connectivity index (χ3n) is 8.34. The minimum absolute atomic E-state index is 0.126. The van der Waals surface area contributed by atoms with Gasteiger partial charge in [0.1, 0.15) is 12.7 Å². The normalized spacial score (nSPS) is 14.6. The zero-order valence-corrected chi connectivity index (χ0v) is 35.0. The second-order valence-corrected chi connectivity index (χ2v) is 15.1. The SMILES string of the molecule is CC/C=C\C/C=C\C/C=C\C/C=C\CCCCC(=O)O[C@H](COC(=O)CCCCCCCCC/C=C\C/C=C\CCCCC)COP(=O)(O)OC[C@@H](O)CO. The number of carbonyl (C=O) groups is 2. The van der Waals surface area contributed by atoms with E-state index in [4.69, 9.17) is 19.1 Å². The van der Waals surface area contributed by atoms with Crippen molar-refractivity contribution in [3.63, 3.8) is 0 Å². The number of allylic oxidation sites excluding steroid dienone is 12. The lowest BCUT2D eigenvalue weighted by molar-refractivity contribution is -0.161. The minimum atomic E-state index is -4.63. The molecule has 0 heterocycles. The molecular weight excluding hydrogens is 719 g/mol. The van der Waals surface area contributed by atoms with Crippen LogP contribution < -0.4 is 0 Å². The zero-order valence-electron chi connectivity index (χ0n) is 34.1. The highest BCUT2D eigenvalue weighted by Crippen LogP contribution is 2.43. The predicted octanol–water partition coefficient (Wildman–Crippen LogP) is 10.9. The summed E-state index contributed by atoms with van der Waals surface area (Å²) in [6.45, 7) is 2.16. The summed E-state index contributed by atoms with van der Waals surface area (Å²) < 4.78 is 32.6. The average molecular weight is 795 g/mol. The molecule has 0 rings (SSSR count). The summed E-state index contributed by atoms with van der Waals surface area (Å²) in [5.41, 5.74) is 0. The van der Waals surface area contributed by atoms with Crippen molar-refractivity contribution in [2.45, 2.75) is 167 Å². The summed E-state index contributed by atoms with van der Waals surface area (Å²) in [7, 11) is -4.63. The lowest BCUT2D eigenvalue weighted by Gasteiger charge is -2.20. The molecule has 55 heavy (non-hydrogen) atoms. The van der Waals surface area contributed by atoms with Crippen molar-refractivity contribution < 1.29 is 47.8 Å². The molecule has 316 valence electrons. The summed E-state index contributed by atoms with van der Waals surface area (Å²) >= 11 is 0. The van der Waals surface area contributed by atoms with Gasteiger partial charge in [-0.3, -0.25) is 18.6 Å². The van der Waals surface area contributed by atoms with E-state index in [9.17, 15) is 24.2 Å². The molecule has 1 unspecified atom stereocenters. The Labute approximate surface area is 333 Å². The van der Waals surface area contributed by atoms with Crippen LogP contribution in [-0.2, 0) is 32.7 Å². The van der Waals surface area contributed by atoms with Crippen molar-refractivity contribution >= 4 is 19.8 Å². The first-order chi connectivity index (χ1) is 26.7.